The maximum absolute atomic E-state index is 13.7. The van der Waals surface area contributed by atoms with Gasteiger partial charge in [-0.15, -0.1) is 23.7 Å². The molecule has 0 bridgehead atoms. The highest BCUT2D eigenvalue weighted by atomic mass is 35.5. The standard InChI is InChI=1S/C29H41N5O4S.ClH/c1-19(21-7-9-22(10-8-21)25-20(2)31-18-39-25)32-27(38)24-6-5-13-34(24)29(17-36,28(3,4)16-35)33-14-11-23(12-15-33)26(30)37;/h7-10,17-19,23-24,35H,5-6,11-16H2,1-4H3,(H2,30,37)(H,32,38);1H/t19-,24-,29+;/m0./s1. The van der Waals surface area contributed by atoms with Crippen LogP contribution in [0, 0.1) is 18.3 Å². The molecule has 4 rings (SSSR count). The fraction of sp³-hybridized carbons (Fsp3) is 0.586. The first-order valence-electron chi connectivity index (χ1n) is 13.7. The number of aldehydes is 1. The molecule has 2 aliphatic rings. The summed E-state index contributed by atoms with van der Waals surface area (Å²) in [6.45, 7) is 9.00. The number of nitrogens with one attached hydrogen (secondary N) is 1. The van der Waals surface area contributed by atoms with Crippen LogP contribution in [0.3, 0.4) is 0 Å². The Kier molecular flexibility index (Phi) is 10.5. The van der Waals surface area contributed by atoms with E-state index < -0.39 is 17.1 Å². The quantitative estimate of drug-likeness (QED) is 0.362. The number of aliphatic hydroxyl groups is 1. The molecule has 2 aliphatic heterocycles. The van der Waals surface area contributed by atoms with Gasteiger partial charge in [-0.3, -0.25) is 24.2 Å². The number of aryl methyl sites for hydroxylation is 1. The molecule has 2 saturated heterocycles. The number of carbonyl (C=O) groups excluding carboxylic acids is 3. The predicted molar refractivity (Wildman–Crippen MR) is 159 cm³/mol. The Morgan fingerprint density at radius 3 is 2.38 bits per heavy atom. The molecule has 0 aliphatic carbocycles. The van der Waals surface area contributed by atoms with Crippen molar-refractivity contribution >= 4 is 41.8 Å². The first-order chi connectivity index (χ1) is 18.6. The Labute approximate surface area is 246 Å². The number of rotatable bonds is 10. The van der Waals surface area contributed by atoms with Crippen molar-refractivity contribution < 1.29 is 19.5 Å². The van der Waals surface area contributed by atoms with Gasteiger partial charge < -0.3 is 16.2 Å². The minimum absolute atomic E-state index is 0. The molecule has 2 aromatic rings. The monoisotopic (exact) mass is 591 g/mol. The molecular weight excluding hydrogens is 550 g/mol. The lowest BCUT2D eigenvalue weighted by Gasteiger charge is -2.56. The molecule has 40 heavy (non-hydrogen) atoms. The summed E-state index contributed by atoms with van der Waals surface area (Å²) in [4.78, 5) is 48.1. The molecule has 3 atom stereocenters. The van der Waals surface area contributed by atoms with E-state index in [0.717, 1.165) is 34.4 Å². The van der Waals surface area contributed by atoms with E-state index in [1.807, 2.05) is 55.1 Å². The molecule has 1 aromatic heterocycles. The number of aliphatic hydroxyl groups excluding tert-OH is 1. The molecule has 220 valence electrons. The summed E-state index contributed by atoms with van der Waals surface area (Å²) in [5.41, 5.74) is 8.43. The first-order valence-corrected chi connectivity index (χ1v) is 14.6. The second kappa shape index (κ2) is 13.1. The van der Waals surface area contributed by atoms with Gasteiger partial charge in [0.25, 0.3) is 0 Å². The zero-order valence-electron chi connectivity index (χ0n) is 23.8. The fourth-order valence-corrected chi connectivity index (χ4v) is 7.08. The Balaban J connectivity index is 0.00000441. The number of hydrogen-bond acceptors (Lipinski definition) is 8. The highest BCUT2D eigenvalue weighted by Gasteiger charge is 2.58. The molecule has 0 radical (unpaired) electrons. The Morgan fingerprint density at radius 1 is 1.20 bits per heavy atom. The summed E-state index contributed by atoms with van der Waals surface area (Å²) < 4.78 is 0. The Hall–Kier alpha value is -2.37. The van der Waals surface area contributed by atoms with Crippen LogP contribution in [0.1, 0.15) is 63.8 Å². The van der Waals surface area contributed by atoms with Crippen molar-refractivity contribution in [2.45, 2.75) is 71.1 Å². The lowest BCUT2D eigenvalue weighted by Crippen LogP contribution is -2.73. The van der Waals surface area contributed by atoms with Crippen LogP contribution in [0.5, 0.6) is 0 Å². The van der Waals surface area contributed by atoms with Crippen LogP contribution < -0.4 is 11.1 Å². The van der Waals surface area contributed by atoms with Gasteiger partial charge in [0.2, 0.25) is 11.8 Å². The summed E-state index contributed by atoms with van der Waals surface area (Å²) >= 11 is 1.61. The van der Waals surface area contributed by atoms with E-state index in [4.69, 9.17) is 5.73 Å². The molecule has 2 amide bonds. The van der Waals surface area contributed by atoms with Gasteiger partial charge in [-0.05, 0) is 50.7 Å². The van der Waals surface area contributed by atoms with Crippen LogP contribution in [-0.2, 0) is 14.4 Å². The Bertz CT molecular complexity index is 1180. The number of aromatic nitrogens is 1. The van der Waals surface area contributed by atoms with E-state index in [1.165, 1.54) is 0 Å². The zero-order chi connectivity index (χ0) is 28.4. The van der Waals surface area contributed by atoms with Crippen molar-refractivity contribution in [3.8, 4) is 10.4 Å². The lowest BCUT2D eigenvalue weighted by atomic mass is 9.75. The maximum atomic E-state index is 13.7. The molecule has 0 unspecified atom stereocenters. The average Bonchev–Trinajstić information content (AvgIpc) is 3.59. The molecule has 1 aromatic carbocycles. The van der Waals surface area contributed by atoms with Crippen LogP contribution in [0.15, 0.2) is 29.8 Å². The third-order valence-corrected chi connectivity index (χ3v) is 9.68. The molecule has 2 fully saturated rings. The smallest absolute Gasteiger partial charge is 0.237 e. The van der Waals surface area contributed by atoms with Crippen LogP contribution in [0.25, 0.3) is 10.4 Å². The van der Waals surface area contributed by atoms with Gasteiger partial charge in [0.15, 0.2) is 6.29 Å². The maximum Gasteiger partial charge on any atom is 0.237 e. The van der Waals surface area contributed by atoms with E-state index in [-0.39, 0.29) is 42.8 Å². The van der Waals surface area contributed by atoms with Crippen LogP contribution in [0.4, 0.5) is 0 Å². The topological polar surface area (TPSA) is 129 Å². The normalized spacial score (nSPS) is 21.3. The number of primary amides is 1. The number of hydrogen-bond donors (Lipinski definition) is 3. The number of likely N-dealkylation sites (tertiary alicyclic amines) is 2. The van der Waals surface area contributed by atoms with Gasteiger partial charge in [-0.2, -0.15) is 0 Å². The molecular formula is C29H42ClN5O4S. The Morgan fingerprint density at radius 2 is 1.85 bits per heavy atom. The number of carbonyl (C=O) groups is 3. The zero-order valence-corrected chi connectivity index (χ0v) is 25.4. The van der Waals surface area contributed by atoms with Crippen molar-refractivity contribution in [3.05, 3.63) is 41.0 Å². The van der Waals surface area contributed by atoms with Crippen LogP contribution in [-0.4, -0.2) is 75.9 Å². The van der Waals surface area contributed by atoms with Gasteiger partial charge in [0, 0.05) is 31.0 Å². The highest BCUT2D eigenvalue weighted by molar-refractivity contribution is 7.13. The first kappa shape index (κ1) is 32.1. The van der Waals surface area contributed by atoms with E-state index in [2.05, 4.69) is 22.4 Å². The number of amides is 2. The molecule has 0 spiro atoms. The molecule has 4 N–H and O–H groups in total. The molecule has 11 heteroatoms. The van der Waals surface area contributed by atoms with Crippen molar-refractivity contribution in [1.29, 1.82) is 0 Å². The van der Waals surface area contributed by atoms with Crippen LogP contribution >= 0.6 is 23.7 Å². The van der Waals surface area contributed by atoms with Gasteiger partial charge in [0.05, 0.1) is 34.8 Å². The van der Waals surface area contributed by atoms with Gasteiger partial charge in [-0.25, -0.2) is 4.98 Å². The second-order valence-corrected chi connectivity index (χ2v) is 12.4. The number of piperidine rings is 1. The van der Waals surface area contributed by atoms with Crippen molar-refractivity contribution in [1.82, 2.24) is 20.1 Å². The van der Waals surface area contributed by atoms with E-state index in [0.29, 0.717) is 38.9 Å². The lowest BCUT2D eigenvalue weighted by molar-refractivity contribution is -0.173. The van der Waals surface area contributed by atoms with E-state index in [1.54, 1.807) is 11.3 Å². The number of thiazole rings is 1. The van der Waals surface area contributed by atoms with Gasteiger partial charge >= 0.3 is 0 Å². The van der Waals surface area contributed by atoms with Crippen LogP contribution in [0.2, 0.25) is 0 Å². The van der Waals surface area contributed by atoms with Gasteiger partial charge in [0.1, 0.15) is 5.66 Å². The number of benzene rings is 1. The third kappa shape index (κ3) is 5.97. The minimum atomic E-state index is -1.19. The summed E-state index contributed by atoms with van der Waals surface area (Å²) in [6.07, 6.45) is 3.39. The predicted octanol–water partition coefficient (Wildman–Crippen LogP) is 3.29. The number of nitrogens with zero attached hydrogens (tertiary/aromatic N) is 3. The third-order valence-electron chi connectivity index (χ3n) is 8.71. The van der Waals surface area contributed by atoms with E-state index in [9.17, 15) is 19.5 Å². The minimum Gasteiger partial charge on any atom is -0.396 e. The summed E-state index contributed by atoms with van der Waals surface area (Å²) in [7, 11) is 0. The summed E-state index contributed by atoms with van der Waals surface area (Å²) in [5.74, 6) is -0.683. The molecule has 9 nitrogen and oxygen atoms in total. The largest absolute Gasteiger partial charge is 0.396 e. The average molecular weight is 592 g/mol. The second-order valence-electron chi connectivity index (χ2n) is 11.5. The van der Waals surface area contributed by atoms with Crippen molar-refractivity contribution in [3.63, 3.8) is 0 Å². The number of halogens is 1. The SMILES string of the molecule is Cc1ncsc1-c1ccc([C@H](C)NC(=O)[C@@H]2CCCN2[C@@](C=O)(N2CCC(C(N)=O)CC2)C(C)(C)CO)cc1.Cl. The summed E-state index contributed by atoms with van der Waals surface area (Å²) in [5, 5.41) is 13.6. The van der Waals surface area contributed by atoms with Crippen molar-refractivity contribution in [2.24, 2.45) is 17.1 Å². The fourth-order valence-electron chi connectivity index (χ4n) is 6.26. The van der Waals surface area contributed by atoms with E-state index >= 15 is 0 Å². The van der Waals surface area contributed by atoms with Crippen molar-refractivity contribution in [2.75, 3.05) is 26.2 Å². The van der Waals surface area contributed by atoms with Gasteiger partial charge in [-0.1, -0.05) is 38.1 Å². The molecule has 0 saturated carbocycles. The highest BCUT2D eigenvalue weighted by Crippen LogP contribution is 2.43. The number of nitrogens with two attached hydrogens (primary N) is 1. The molecule has 3 heterocycles. The summed E-state index contributed by atoms with van der Waals surface area (Å²) in [6, 6.07) is 7.42.